The van der Waals surface area contributed by atoms with Crippen molar-refractivity contribution in [3.63, 3.8) is 0 Å². The number of hydrogen-bond acceptors (Lipinski definition) is 5. The zero-order chi connectivity index (χ0) is 17.4. The fraction of sp³-hybridized carbons (Fsp3) is 0.733. The van der Waals surface area contributed by atoms with Gasteiger partial charge in [-0.2, -0.15) is 0 Å². The van der Waals surface area contributed by atoms with Crippen LogP contribution in [-0.4, -0.2) is 45.3 Å². The van der Waals surface area contributed by atoms with Gasteiger partial charge in [0.1, 0.15) is 5.01 Å². The van der Waals surface area contributed by atoms with Crippen molar-refractivity contribution in [1.29, 1.82) is 0 Å². The number of aromatic nitrogens is 1. The lowest BCUT2D eigenvalue weighted by Crippen LogP contribution is -2.41. The largest absolute Gasteiger partial charge is 0.355 e. The Hall–Kier alpha value is -1.19. The maximum atomic E-state index is 11.9. The van der Waals surface area contributed by atoms with Crippen molar-refractivity contribution < 1.29 is 8.42 Å². The van der Waals surface area contributed by atoms with Crippen molar-refractivity contribution >= 4 is 27.3 Å². The van der Waals surface area contributed by atoms with Crippen LogP contribution in [0.25, 0.3) is 0 Å². The molecule has 0 amide bonds. The van der Waals surface area contributed by atoms with Crippen LogP contribution in [0.2, 0.25) is 0 Å². The van der Waals surface area contributed by atoms with E-state index in [1.165, 1.54) is 11.3 Å². The summed E-state index contributed by atoms with van der Waals surface area (Å²) in [4.78, 5) is 9.69. The number of hydrogen-bond donors (Lipinski definition) is 3. The SMILES string of the molecule is CCc1cnc(CNC(=NC)NCCS(=O)(=O)NCC2CCC2)s1. The average Bonchev–Trinajstić information content (AvgIpc) is 2.97. The minimum absolute atomic E-state index is 0.0393. The van der Waals surface area contributed by atoms with E-state index in [0.717, 1.165) is 24.3 Å². The molecule has 0 radical (unpaired) electrons. The zero-order valence-electron chi connectivity index (χ0n) is 14.3. The predicted molar refractivity (Wildman–Crippen MR) is 98.8 cm³/mol. The van der Waals surface area contributed by atoms with E-state index in [9.17, 15) is 8.42 Å². The van der Waals surface area contributed by atoms with E-state index in [2.05, 4.69) is 32.3 Å². The van der Waals surface area contributed by atoms with Crippen molar-refractivity contribution in [2.75, 3.05) is 25.9 Å². The lowest BCUT2D eigenvalue weighted by Gasteiger charge is -2.25. The first-order chi connectivity index (χ1) is 11.5. The van der Waals surface area contributed by atoms with E-state index < -0.39 is 10.0 Å². The van der Waals surface area contributed by atoms with E-state index >= 15 is 0 Å². The Morgan fingerprint density at radius 3 is 2.79 bits per heavy atom. The molecule has 1 saturated carbocycles. The molecule has 0 saturated heterocycles. The van der Waals surface area contributed by atoms with Crippen LogP contribution in [0.4, 0.5) is 0 Å². The second-order valence-electron chi connectivity index (χ2n) is 5.89. The highest BCUT2D eigenvalue weighted by Crippen LogP contribution is 2.25. The highest BCUT2D eigenvalue weighted by Gasteiger charge is 2.20. The number of rotatable bonds is 9. The Morgan fingerprint density at radius 1 is 1.42 bits per heavy atom. The summed E-state index contributed by atoms with van der Waals surface area (Å²) in [6.07, 6.45) is 6.35. The highest BCUT2D eigenvalue weighted by molar-refractivity contribution is 7.89. The van der Waals surface area contributed by atoms with Gasteiger partial charge in [0.25, 0.3) is 0 Å². The van der Waals surface area contributed by atoms with Gasteiger partial charge in [0, 0.05) is 31.2 Å². The van der Waals surface area contributed by atoms with Crippen molar-refractivity contribution in [3.8, 4) is 0 Å². The molecule has 136 valence electrons. The first-order valence-corrected chi connectivity index (χ1v) is 10.8. The Bertz CT molecular complexity index is 638. The zero-order valence-corrected chi connectivity index (χ0v) is 16.0. The molecule has 0 bridgehead atoms. The number of thiazole rings is 1. The first kappa shape index (κ1) is 19.1. The summed E-state index contributed by atoms with van der Waals surface area (Å²) in [5.41, 5.74) is 0. The van der Waals surface area contributed by atoms with Gasteiger partial charge in [-0.15, -0.1) is 11.3 Å². The Kier molecular flexibility index (Phi) is 7.44. The topological polar surface area (TPSA) is 95.5 Å². The molecule has 0 atom stereocenters. The summed E-state index contributed by atoms with van der Waals surface area (Å²) in [5.74, 6) is 1.14. The minimum atomic E-state index is -3.23. The predicted octanol–water partition coefficient (Wildman–Crippen LogP) is 1.09. The van der Waals surface area contributed by atoms with Crippen LogP contribution in [0.3, 0.4) is 0 Å². The quantitative estimate of drug-likeness (QED) is 0.445. The van der Waals surface area contributed by atoms with Crippen LogP contribution in [0.5, 0.6) is 0 Å². The lowest BCUT2D eigenvalue weighted by molar-refractivity contribution is 0.316. The monoisotopic (exact) mass is 373 g/mol. The normalized spacial score (nSPS) is 16.0. The van der Waals surface area contributed by atoms with Crippen LogP contribution in [0.1, 0.15) is 36.1 Å². The highest BCUT2D eigenvalue weighted by atomic mass is 32.2. The van der Waals surface area contributed by atoms with Crippen LogP contribution in [-0.2, 0) is 23.0 Å². The summed E-state index contributed by atoms with van der Waals surface area (Å²) in [6.45, 7) is 3.57. The number of aliphatic imine (C=N–C) groups is 1. The molecule has 9 heteroatoms. The maximum absolute atomic E-state index is 11.9. The van der Waals surface area contributed by atoms with E-state index in [1.54, 1.807) is 18.4 Å². The molecule has 0 aliphatic heterocycles. The molecule has 24 heavy (non-hydrogen) atoms. The molecule has 1 aromatic heterocycles. The van der Waals surface area contributed by atoms with Gasteiger partial charge in [-0.3, -0.25) is 4.99 Å². The summed E-state index contributed by atoms with van der Waals surface area (Å²) >= 11 is 1.67. The fourth-order valence-corrected chi connectivity index (χ4v) is 4.10. The minimum Gasteiger partial charge on any atom is -0.355 e. The second-order valence-corrected chi connectivity index (χ2v) is 9.02. The van der Waals surface area contributed by atoms with Crippen molar-refractivity contribution in [1.82, 2.24) is 20.3 Å². The third-order valence-corrected chi connectivity index (χ3v) is 6.55. The fourth-order valence-electron chi connectivity index (χ4n) is 2.29. The standard InChI is InChI=1S/C15H27N5O2S2/c1-3-13-10-18-14(23-13)11-19-15(16-2)17-7-8-24(21,22)20-9-12-5-4-6-12/h10,12,20H,3-9,11H2,1-2H3,(H2,16,17,19). The van der Waals surface area contributed by atoms with Gasteiger partial charge in [-0.25, -0.2) is 18.1 Å². The van der Waals surface area contributed by atoms with E-state index in [0.29, 0.717) is 31.5 Å². The number of nitrogens with zero attached hydrogens (tertiary/aromatic N) is 2. The molecule has 3 N–H and O–H groups in total. The Labute approximate surface area is 148 Å². The van der Waals surface area contributed by atoms with Crippen molar-refractivity contribution in [2.45, 2.75) is 39.2 Å². The molecule has 0 spiro atoms. The van der Waals surface area contributed by atoms with Gasteiger partial charge in [0.15, 0.2) is 5.96 Å². The van der Waals surface area contributed by atoms with Gasteiger partial charge in [-0.1, -0.05) is 13.3 Å². The maximum Gasteiger partial charge on any atom is 0.213 e. The summed E-state index contributed by atoms with van der Waals surface area (Å²) in [6, 6.07) is 0. The molecule has 7 nitrogen and oxygen atoms in total. The van der Waals surface area contributed by atoms with Crippen molar-refractivity contribution in [3.05, 3.63) is 16.1 Å². The third kappa shape index (κ3) is 6.37. The molecule has 1 heterocycles. The third-order valence-electron chi connectivity index (χ3n) is 4.06. The van der Waals surface area contributed by atoms with E-state index in [4.69, 9.17) is 0 Å². The molecule has 0 unspecified atom stereocenters. The van der Waals surface area contributed by atoms with Crippen LogP contribution < -0.4 is 15.4 Å². The molecule has 1 fully saturated rings. The molecule has 1 aromatic rings. The Morgan fingerprint density at radius 2 is 2.21 bits per heavy atom. The van der Waals surface area contributed by atoms with Crippen LogP contribution in [0.15, 0.2) is 11.2 Å². The van der Waals surface area contributed by atoms with Gasteiger partial charge < -0.3 is 10.6 Å². The van der Waals surface area contributed by atoms with Gasteiger partial charge in [0.05, 0.1) is 12.3 Å². The van der Waals surface area contributed by atoms with Gasteiger partial charge in [0.2, 0.25) is 10.0 Å². The summed E-state index contributed by atoms with van der Waals surface area (Å²) in [7, 11) is -1.56. The molecular formula is C15H27N5O2S2. The molecule has 1 aliphatic rings. The lowest BCUT2D eigenvalue weighted by atomic mass is 9.86. The second kappa shape index (κ2) is 9.33. The number of sulfonamides is 1. The smallest absolute Gasteiger partial charge is 0.213 e. The number of aryl methyl sites for hydroxylation is 1. The summed E-state index contributed by atoms with van der Waals surface area (Å²) in [5, 5.41) is 7.17. The van der Waals surface area contributed by atoms with Crippen LogP contribution >= 0.6 is 11.3 Å². The average molecular weight is 374 g/mol. The summed E-state index contributed by atoms with van der Waals surface area (Å²) < 4.78 is 26.6. The molecule has 1 aliphatic carbocycles. The van der Waals surface area contributed by atoms with E-state index in [1.807, 2.05) is 6.20 Å². The molecule has 2 rings (SSSR count). The van der Waals surface area contributed by atoms with Gasteiger partial charge >= 0.3 is 0 Å². The van der Waals surface area contributed by atoms with Crippen molar-refractivity contribution in [2.24, 2.45) is 10.9 Å². The number of guanidine groups is 1. The Balaban J connectivity index is 1.66. The number of nitrogens with one attached hydrogen (secondary N) is 3. The van der Waals surface area contributed by atoms with Crippen LogP contribution in [0, 0.1) is 5.92 Å². The van der Waals surface area contributed by atoms with Gasteiger partial charge in [-0.05, 0) is 25.2 Å². The van der Waals surface area contributed by atoms with E-state index in [-0.39, 0.29) is 5.75 Å². The first-order valence-electron chi connectivity index (χ1n) is 8.38. The molecule has 0 aromatic carbocycles. The molecular weight excluding hydrogens is 346 g/mol.